The molecule has 43 heavy (non-hydrogen) atoms. The third-order valence-electron chi connectivity index (χ3n) is 7.35. The molecule has 0 aliphatic carbocycles. The smallest absolute Gasteiger partial charge is 0.338 e. The number of nitrogens with zero attached hydrogens (tertiary/aromatic N) is 3. The van der Waals surface area contributed by atoms with E-state index >= 15 is 0 Å². The molecule has 1 atom stereocenters. The monoisotopic (exact) mass is 601 g/mol. The zero-order valence-electron chi connectivity index (χ0n) is 24.6. The van der Waals surface area contributed by atoms with Gasteiger partial charge in [-0.3, -0.25) is 9.36 Å². The highest BCUT2D eigenvalue weighted by Gasteiger charge is 2.34. The second-order valence-corrected chi connectivity index (χ2v) is 10.9. The molecule has 4 aromatic rings. The fourth-order valence-electron chi connectivity index (χ4n) is 5.38. The van der Waals surface area contributed by atoms with E-state index in [4.69, 9.17) is 14.2 Å². The summed E-state index contributed by atoms with van der Waals surface area (Å²) in [6.45, 7) is 7.46. The summed E-state index contributed by atoms with van der Waals surface area (Å²) in [4.78, 5) is 44.0. The quantitative estimate of drug-likeness (QED) is 0.304. The number of hydrogen-bond donors (Lipinski definition) is 1. The highest BCUT2D eigenvalue weighted by atomic mass is 32.1. The van der Waals surface area contributed by atoms with E-state index in [-0.39, 0.29) is 23.3 Å². The number of carbonyl (C=O) groups excluding carboxylic acids is 1. The lowest BCUT2D eigenvalue weighted by molar-refractivity contribution is -0.139. The fourth-order valence-corrected chi connectivity index (χ4v) is 6.42. The normalized spacial score (nSPS) is 14.7. The molecule has 10 nitrogen and oxygen atoms in total. The van der Waals surface area contributed by atoms with Crippen molar-refractivity contribution >= 4 is 29.4 Å². The molecule has 0 amide bonds. The number of aromatic nitrogens is 2. The van der Waals surface area contributed by atoms with Crippen molar-refractivity contribution in [1.29, 1.82) is 0 Å². The number of aromatic carboxylic acids is 1. The number of allylic oxidation sites excluding steroid dienone is 1. The van der Waals surface area contributed by atoms with E-state index in [1.165, 1.54) is 30.1 Å². The topological polar surface area (TPSA) is 121 Å². The van der Waals surface area contributed by atoms with Crippen LogP contribution >= 0.6 is 11.3 Å². The second kappa shape index (κ2) is 11.8. The summed E-state index contributed by atoms with van der Waals surface area (Å²) in [5.74, 6) is -0.585. The third kappa shape index (κ3) is 5.27. The van der Waals surface area contributed by atoms with Crippen LogP contribution in [0.1, 0.15) is 52.8 Å². The van der Waals surface area contributed by atoms with Crippen molar-refractivity contribution in [1.82, 2.24) is 9.13 Å². The van der Waals surface area contributed by atoms with Crippen molar-refractivity contribution < 1.29 is 28.9 Å². The Morgan fingerprint density at radius 2 is 1.79 bits per heavy atom. The number of carboxylic acids is 1. The van der Waals surface area contributed by atoms with Crippen LogP contribution in [0.5, 0.6) is 11.5 Å². The number of thiazole rings is 1. The summed E-state index contributed by atoms with van der Waals surface area (Å²) in [5.41, 5.74) is 4.46. The van der Waals surface area contributed by atoms with Gasteiger partial charge in [0, 0.05) is 17.1 Å². The number of benzene rings is 2. The molecular weight excluding hydrogens is 570 g/mol. The maximum Gasteiger partial charge on any atom is 0.338 e. The first-order valence-corrected chi connectivity index (χ1v) is 14.4. The third-order valence-corrected chi connectivity index (χ3v) is 8.33. The summed E-state index contributed by atoms with van der Waals surface area (Å²) < 4.78 is 20.2. The Hall–Kier alpha value is -4.90. The van der Waals surface area contributed by atoms with Gasteiger partial charge in [-0.15, -0.1) is 0 Å². The Kier molecular flexibility index (Phi) is 8.10. The van der Waals surface area contributed by atoms with Gasteiger partial charge in [0.15, 0.2) is 16.3 Å². The van der Waals surface area contributed by atoms with Crippen molar-refractivity contribution in [3.8, 4) is 17.2 Å². The number of fused-ring (bicyclic) bond motifs is 1. The lowest BCUT2D eigenvalue weighted by Gasteiger charge is -2.25. The molecule has 1 aliphatic rings. The van der Waals surface area contributed by atoms with Crippen LogP contribution in [0.25, 0.3) is 11.8 Å². The zero-order valence-corrected chi connectivity index (χ0v) is 25.4. The summed E-state index contributed by atoms with van der Waals surface area (Å²) in [6, 6.07) is 13.1. The molecule has 3 heterocycles. The maximum absolute atomic E-state index is 14.1. The number of aryl methyl sites for hydroxylation is 1. The van der Waals surface area contributed by atoms with Crippen LogP contribution in [0.4, 0.5) is 0 Å². The van der Waals surface area contributed by atoms with E-state index < -0.39 is 18.0 Å². The van der Waals surface area contributed by atoms with E-state index in [9.17, 15) is 19.5 Å². The number of carboxylic acid groups (broad SMARTS) is 1. The number of hydrogen-bond acceptors (Lipinski definition) is 8. The van der Waals surface area contributed by atoms with Gasteiger partial charge in [-0.1, -0.05) is 23.5 Å². The van der Waals surface area contributed by atoms with E-state index in [0.717, 1.165) is 17.0 Å². The number of esters is 1. The first-order chi connectivity index (χ1) is 20.6. The number of ether oxygens (including phenoxy) is 3. The molecule has 0 unspecified atom stereocenters. The van der Waals surface area contributed by atoms with Crippen molar-refractivity contribution in [3.05, 3.63) is 108 Å². The molecule has 5 rings (SSSR count). The van der Waals surface area contributed by atoms with Crippen molar-refractivity contribution in [2.45, 2.75) is 33.7 Å². The molecule has 11 heteroatoms. The summed E-state index contributed by atoms with van der Waals surface area (Å²) in [5, 5.41) is 9.46. The highest BCUT2D eigenvalue weighted by Crippen LogP contribution is 2.36. The van der Waals surface area contributed by atoms with E-state index in [0.29, 0.717) is 37.8 Å². The minimum absolute atomic E-state index is 0.170. The largest absolute Gasteiger partial charge is 0.493 e. The van der Waals surface area contributed by atoms with Crippen molar-refractivity contribution in [3.63, 3.8) is 0 Å². The van der Waals surface area contributed by atoms with Crippen LogP contribution in [0.3, 0.4) is 0 Å². The standard InChI is InChI=1S/C32H31N3O7S/c1-7-42-31(39)27-18(3)33-32-35(28(27)20-11-12-24(40-5)25(15-20)41-6)29(36)26(43-32)16-22-13-17(2)34(19(22)4)23-10-8-9-21(14-23)30(37)38/h8-16,28H,7H2,1-6H3,(H,37,38)/b26-16-/t28-/m1/s1. The number of carbonyl (C=O) groups is 2. The molecule has 222 valence electrons. The minimum atomic E-state index is -1.01. The minimum Gasteiger partial charge on any atom is -0.493 e. The molecule has 2 aromatic heterocycles. The Morgan fingerprint density at radius 3 is 2.47 bits per heavy atom. The summed E-state index contributed by atoms with van der Waals surface area (Å²) >= 11 is 1.23. The Bertz CT molecular complexity index is 1980. The van der Waals surface area contributed by atoms with Gasteiger partial charge in [0.2, 0.25) is 0 Å². The van der Waals surface area contributed by atoms with Gasteiger partial charge in [0.25, 0.3) is 5.56 Å². The lowest BCUT2D eigenvalue weighted by atomic mass is 9.95. The molecule has 1 aliphatic heterocycles. The van der Waals surface area contributed by atoms with Gasteiger partial charge >= 0.3 is 11.9 Å². The molecule has 0 saturated heterocycles. The fraction of sp³-hybridized carbons (Fsp3) is 0.250. The molecular formula is C32H31N3O7S. The van der Waals surface area contributed by atoms with Gasteiger partial charge < -0.3 is 23.9 Å². The molecule has 0 fully saturated rings. The first-order valence-electron chi connectivity index (χ1n) is 13.5. The summed E-state index contributed by atoms with van der Waals surface area (Å²) in [7, 11) is 3.06. The van der Waals surface area contributed by atoms with E-state index in [2.05, 4.69) is 4.99 Å². The van der Waals surface area contributed by atoms with Gasteiger partial charge in [-0.05, 0) is 81.3 Å². The van der Waals surface area contributed by atoms with Crippen LogP contribution in [0.15, 0.2) is 69.6 Å². The lowest BCUT2D eigenvalue weighted by Crippen LogP contribution is -2.40. The SMILES string of the molecule is CCOC(=O)C1=C(C)N=c2s/c(=C\c3cc(C)n(-c4cccc(C(=O)O)c4)c3C)c(=O)n2[C@@H]1c1ccc(OC)c(OC)c1. The Balaban J connectivity index is 1.69. The maximum atomic E-state index is 14.1. The van der Waals surface area contributed by atoms with Crippen LogP contribution < -0.4 is 24.4 Å². The van der Waals surface area contributed by atoms with Crippen LogP contribution in [0.2, 0.25) is 0 Å². The van der Waals surface area contributed by atoms with Gasteiger partial charge in [0.1, 0.15) is 0 Å². The van der Waals surface area contributed by atoms with Gasteiger partial charge in [-0.2, -0.15) is 0 Å². The van der Waals surface area contributed by atoms with E-state index in [1.807, 2.05) is 30.5 Å². The van der Waals surface area contributed by atoms with Crippen LogP contribution in [-0.4, -0.2) is 47.0 Å². The zero-order chi connectivity index (χ0) is 31.0. The summed E-state index contributed by atoms with van der Waals surface area (Å²) in [6.07, 6.45) is 1.80. The highest BCUT2D eigenvalue weighted by molar-refractivity contribution is 7.07. The molecule has 0 saturated carbocycles. The van der Waals surface area contributed by atoms with Gasteiger partial charge in [-0.25, -0.2) is 14.6 Å². The number of methoxy groups -OCH3 is 2. The Labute approximate surface area is 251 Å². The molecule has 0 bridgehead atoms. The molecule has 0 spiro atoms. The van der Waals surface area contributed by atoms with Crippen molar-refractivity contribution in [2.24, 2.45) is 4.99 Å². The average Bonchev–Trinajstić information content (AvgIpc) is 3.45. The van der Waals surface area contributed by atoms with E-state index in [1.54, 1.807) is 56.3 Å². The predicted molar refractivity (Wildman–Crippen MR) is 162 cm³/mol. The molecule has 0 radical (unpaired) electrons. The molecule has 1 N–H and O–H groups in total. The van der Waals surface area contributed by atoms with Crippen LogP contribution in [0, 0.1) is 13.8 Å². The average molecular weight is 602 g/mol. The van der Waals surface area contributed by atoms with Crippen LogP contribution in [-0.2, 0) is 9.53 Å². The van der Waals surface area contributed by atoms with Crippen molar-refractivity contribution in [2.75, 3.05) is 20.8 Å². The van der Waals surface area contributed by atoms with Gasteiger partial charge in [0.05, 0.1) is 48.2 Å². The second-order valence-electron chi connectivity index (χ2n) is 9.93. The predicted octanol–water partition coefficient (Wildman–Crippen LogP) is 3.92. The Morgan fingerprint density at radius 1 is 1.05 bits per heavy atom. The first kappa shape index (κ1) is 29.6. The molecule has 2 aromatic carbocycles. The number of rotatable bonds is 8.